The number of hydrogen-bond donors (Lipinski definition) is 3. The number of carboxylic acids is 2. The number of benzene rings is 1. The smallest absolute Gasteiger partial charge is 0.481 e. The van der Waals surface area contributed by atoms with Crippen molar-refractivity contribution in [2.45, 2.75) is 51.1 Å². The number of nitrogens with zero attached hydrogens (tertiary/aromatic N) is 4. The Labute approximate surface area is 239 Å². The fraction of sp³-hybridized carbons (Fsp3) is 0.429. The molecule has 2 aromatic heterocycles. The van der Waals surface area contributed by atoms with Crippen molar-refractivity contribution in [1.82, 2.24) is 20.0 Å². The monoisotopic (exact) mass is 591 g/mol. The number of amides is 1. The minimum Gasteiger partial charge on any atom is -0.481 e. The lowest BCUT2D eigenvalue weighted by Gasteiger charge is -2.40. The van der Waals surface area contributed by atoms with Crippen LogP contribution in [-0.2, 0) is 22.4 Å². The summed E-state index contributed by atoms with van der Waals surface area (Å²) in [5.41, 5.74) is 0.144. The number of anilines is 1. The number of halogens is 3. The summed E-state index contributed by atoms with van der Waals surface area (Å²) < 4.78 is 37.2. The third-order valence-electron chi connectivity index (χ3n) is 6.74. The van der Waals surface area contributed by atoms with E-state index in [2.05, 4.69) is 20.4 Å². The van der Waals surface area contributed by atoms with Gasteiger partial charge in [0.25, 0.3) is 5.91 Å². The van der Waals surface area contributed by atoms with E-state index >= 15 is 0 Å². The van der Waals surface area contributed by atoms with Gasteiger partial charge in [0.05, 0.1) is 6.42 Å². The number of carbonyl (C=O) groups is 3. The molecule has 1 fully saturated rings. The second-order valence-electron chi connectivity index (χ2n) is 9.91. The number of rotatable bonds is 11. The summed E-state index contributed by atoms with van der Waals surface area (Å²) >= 11 is 0. The lowest BCUT2D eigenvalue weighted by molar-refractivity contribution is -0.192. The van der Waals surface area contributed by atoms with Gasteiger partial charge in [0, 0.05) is 44.2 Å². The first-order valence-corrected chi connectivity index (χ1v) is 13.3. The number of hydrogen-bond acceptors (Lipinski definition) is 8. The number of aliphatic carboxylic acids is 2. The number of nitrogens with one attached hydrogen (secondary N) is 1. The summed E-state index contributed by atoms with van der Waals surface area (Å²) in [6.45, 7) is 1.82. The second kappa shape index (κ2) is 14.9. The van der Waals surface area contributed by atoms with Crippen molar-refractivity contribution in [3.8, 4) is 0 Å². The number of unbranched alkanes of at least 4 members (excludes halogenated alkanes) is 1. The van der Waals surface area contributed by atoms with Crippen molar-refractivity contribution in [2.75, 3.05) is 25.0 Å². The van der Waals surface area contributed by atoms with E-state index in [4.69, 9.17) is 14.4 Å². The van der Waals surface area contributed by atoms with Crippen molar-refractivity contribution in [3.63, 3.8) is 0 Å². The highest BCUT2D eigenvalue weighted by molar-refractivity contribution is 5.94. The van der Waals surface area contributed by atoms with Crippen molar-refractivity contribution < 1.29 is 42.3 Å². The van der Waals surface area contributed by atoms with Crippen molar-refractivity contribution in [3.05, 3.63) is 72.0 Å². The van der Waals surface area contributed by atoms with E-state index in [1.165, 1.54) is 0 Å². The Hall–Kier alpha value is -4.49. The number of carbonyl (C=O) groups excluding carboxylic acids is 1. The maximum Gasteiger partial charge on any atom is 0.490 e. The van der Waals surface area contributed by atoms with Crippen LogP contribution in [0.2, 0.25) is 0 Å². The second-order valence-corrected chi connectivity index (χ2v) is 9.91. The molecule has 0 atom stereocenters. The zero-order valence-electron chi connectivity index (χ0n) is 22.7. The van der Waals surface area contributed by atoms with Crippen LogP contribution in [0, 0.1) is 5.41 Å². The Bertz CT molecular complexity index is 1300. The first-order valence-electron chi connectivity index (χ1n) is 13.3. The summed E-state index contributed by atoms with van der Waals surface area (Å²) in [4.78, 5) is 43.9. The first-order chi connectivity index (χ1) is 20.0. The van der Waals surface area contributed by atoms with E-state index in [0.29, 0.717) is 56.1 Å². The van der Waals surface area contributed by atoms with E-state index in [1.54, 1.807) is 23.2 Å². The highest BCUT2D eigenvalue weighted by Gasteiger charge is 2.40. The highest BCUT2D eigenvalue weighted by Crippen LogP contribution is 2.38. The lowest BCUT2D eigenvalue weighted by atomic mass is 9.73. The predicted molar refractivity (Wildman–Crippen MR) is 144 cm³/mol. The summed E-state index contributed by atoms with van der Waals surface area (Å²) in [7, 11) is 0. The average molecular weight is 592 g/mol. The summed E-state index contributed by atoms with van der Waals surface area (Å²) in [5.74, 6) is -1.67. The van der Waals surface area contributed by atoms with Gasteiger partial charge < -0.3 is 25.0 Å². The summed E-state index contributed by atoms with van der Waals surface area (Å²) in [6, 6.07) is 14.9. The van der Waals surface area contributed by atoms with Gasteiger partial charge in [-0.2, -0.15) is 18.2 Å². The Morgan fingerprint density at radius 2 is 1.67 bits per heavy atom. The minimum atomic E-state index is -5.08. The first kappa shape index (κ1) is 32.0. The largest absolute Gasteiger partial charge is 0.490 e. The molecule has 0 radical (unpaired) electrons. The third-order valence-corrected chi connectivity index (χ3v) is 6.74. The number of likely N-dealkylation sites (tertiary alicyclic amines) is 1. The van der Waals surface area contributed by atoms with Crippen LogP contribution in [0.25, 0.3) is 0 Å². The van der Waals surface area contributed by atoms with Crippen LogP contribution in [0.4, 0.5) is 19.0 Å². The maximum absolute atomic E-state index is 12.8. The molecule has 0 spiro atoms. The summed E-state index contributed by atoms with van der Waals surface area (Å²) in [6.07, 6.45) is 0.774. The van der Waals surface area contributed by atoms with Crippen LogP contribution in [0.15, 0.2) is 59.3 Å². The molecule has 226 valence electrons. The third kappa shape index (κ3) is 10.2. The number of carboxylic acid groups (broad SMARTS) is 2. The minimum absolute atomic E-state index is 0.0112. The predicted octanol–water partition coefficient (Wildman–Crippen LogP) is 4.47. The van der Waals surface area contributed by atoms with Crippen LogP contribution in [0.5, 0.6) is 0 Å². The molecule has 0 saturated carbocycles. The van der Waals surface area contributed by atoms with Crippen LogP contribution < -0.4 is 5.32 Å². The quantitative estimate of drug-likeness (QED) is 0.272. The van der Waals surface area contributed by atoms with Crippen molar-refractivity contribution >= 4 is 23.7 Å². The molecule has 1 saturated heterocycles. The van der Waals surface area contributed by atoms with Gasteiger partial charge in [-0.3, -0.25) is 9.59 Å². The zero-order valence-corrected chi connectivity index (χ0v) is 22.7. The fourth-order valence-electron chi connectivity index (χ4n) is 4.56. The Kier molecular flexibility index (Phi) is 11.4. The Balaban J connectivity index is 0.000000616. The standard InChI is InChI=1S/C26H31N5O4.C2HF3O2/c32-24(33)19-26(12-16-31(17-13-26)25(34)20-8-2-1-3-9-20)18-23-29-22(30-35-23)11-5-7-15-28-21-10-4-6-14-27-21;3-2(4,5)1(6)7/h1-4,6,8-10,14H,5,7,11-13,15-19H2,(H,27,28)(H,32,33);(H,6,7). The molecule has 42 heavy (non-hydrogen) atoms. The van der Waals surface area contributed by atoms with Gasteiger partial charge in [-0.05, 0) is 55.4 Å². The molecule has 14 heteroatoms. The highest BCUT2D eigenvalue weighted by atomic mass is 19.4. The van der Waals surface area contributed by atoms with E-state index in [-0.39, 0.29) is 12.3 Å². The molecule has 0 aliphatic carbocycles. The number of aryl methyl sites for hydroxylation is 1. The van der Waals surface area contributed by atoms with Crippen LogP contribution in [0.1, 0.15) is 54.2 Å². The van der Waals surface area contributed by atoms with Gasteiger partial charge in [0.15, 0.2) is 5.82 Å². The van der Waals surface area contributed by atoms with E-state index in [9.17, 15) is 27.9 Å². The molecule has 3 heterocycles. The molecule has 1 aliphatic rings. The SMILES string of the molecule is O=C(O)C(F)(F)F.O=C(O)CC1(Cc2nc(CCCCNc3ccccn3)no2)CCN(C(=O)c2ccccc2)CC1. The van der Waals surface area contributed by atoms with Gasteiger partial charge in [-0.1, -0.05) is 29.4 Å². The van der Waals surface area contributed by atoms with E-state index in [0.717, 1.165) is 25.2 Å². The molecule has 0 bridgehead atoms. The molecule has 11 nitrogen and oxygen atoms in total. The maximum atomic E-state index is 12.8. The van der Waals surface area contributed by atoms with E-state index in [1.807, 2.05) is 36.4 Å². The molecule has 0 unspecified atom stereocenters. The zero-order chi connectivity index (χ0) is 30.6. The van der Waals surface area contributed by atoms with Gasteiger partial charge in [0.1, 0.15) is 5.82 Å². The number of piperidine rings is 1. The van der Waals surface area contributed by atoms with Crippen LogP contribution >= 0.6 is 0 Å². The topological polar surface area (TPSA) is 159 Å². The molecule has 1 aromatic carbocycles. The Morgan fingerprint density at radius 1 is 1.00 bits per heavy atom. The van der Waals surface area contributed by atoms with Gasteiger partial charge in [0.2, 0.25) is 5.89 Å². The average Bonchev–Trinajstić information content (AvgIpc) is 3.40. The Morgan fingerprint density at radius 3 is 2.26 bits per heavy atom. The van der Waals surface area contributed by atoms with Gasteiger partial charge >= 0.3 is 18.1 Å². The van der Waals surface area contributed by atoms with Gasteiger partial charge in [-0.15, -0.1) is 0 Å². The van der Waals surface area contributed by atoms with Crippen molar-refractivity contribution in [2.24, 2.45) is 5.41 Å². The molecule has 1 aliphatic heterocycles. The molecular weight excluding hydrogens is 559 g/mol. The van der Waals surface area contributed by atoms with E-state index < -0.39 is 23.5 Å². The molecule has 1 amide bonds. The van der Waals surface area contributed by atoms with Crippen LogP contribution in [0.3, 0.4) is 0 Å². The number of alkyl halides is 3. The number of aromatic nitrogens is 3. The molecule has 4 rings (SSSR count). The molecular formula is C28H32F3N5O6. The lowest BCUT2D eigenvalue weighted by Crippen LogP contribution is -2.45. The number of pyridine rings is 1. The summed E-state index contributed by atoms with van der Waals surface area (Å²) in [5, 5.41) is 24.1. The molecule has 3 aromatic rings. The van der Waals surface area contributed by atoms with Crippen LogP contribution in [-0.4, -0.2) is 73.9 Å². The van der Waals surface area contributed by atoms with Crippen molar-refractivity contribution in [1.29, 1.82) is 0 Å². The normalized spacial score (nSPS) is 14.4. The fourth-order valence-corrected chi connectivity index (χ4v) is 4.56. The van der Waals surface area contributed by atoms with Gasteiger partial charge in [-0.25, -0.2) is 9.78 Å². The molecule has 3 N–H and O–H groups in total.